The van der Waals surface area contributed by atoms with Gasteiger partial charge in [-0.2, -0.15) is 0 Å². The molecule has 0 bridgehead atoms. The van der Waals surface area contributed by atoms with E-state index in [2.05, 4.69) is 10.6 Å². The van der Waals surface area contributed by atoms with Crippen molar-refractivity contribution >= 4 is 5.69 Å². The fourth-order valence-electron chi connectivity index (χ4n) is 1.75. The molecule has 2 nitrogen and oxygen atoms in total. The monoisotopic (exact) mass is 194 g/mol. The van der Waals surface area contributed by atoms with E-state index in [1.165, 1.54) is 18.6 Å². The van der Waals surface area contributed by atoms with Crippen molar-refractivity contribution in [1.29, 1.82) is 0 Å². The average Bonchev–Trinajstić information content (AvgIpc) is 2.67. The molecule has 3 heteroatoms. The summed E-state index contributed by atoms with van der Waals surface area (Å²) >= 11 is 0. The normalized spacial score (nSPS) is 21.1. The van der Waals surface area contributed by atoms with Crippen molar-refractivity contribution in [3.63, 3.8) is 0 Å². The molecule has 0 spiro atoms. The molecule has 1 heterocycles. The van der Waals surface area contributed by atoms with E-state index in [-0.39, 0.29) is 5.82 Å². The zero-order valence-corrected chi connectivity index (χ0v) is 8.09. The lowest BCUT2D eigenvalue weighted by atomic mass is 10.1. The minimum atomic E-state index is -0.181. The predicted molar refractivity (Wildman–Crippen MR) is 55.9 cm³/mol. The summed E-state index contributed by atoms with van der Waals surface area (Å²) in [5.74, 6) is 0.498. The van der Waals surface area contributed by atoms with Gasteiger partial charge in [0, 0.05) is 12.2 Å². The fraction of sp³-hybridized carbons (Fsp3) is 0.455. The zero-order chi connectivity index (χ0) is 9.80. The van der Waals surface area contributed by atoms with Crippen LogP contribution in [-0.2, 0) is 0 Å². The zero-order valence-electron chi connectivity index (χ0n) is 8.09. The maximum atomic E-state index is 12.8. The summed E-state index contributed by atoms with van der Waals surface area (Å²) in [6.45, 7) is 3.11. The van der Waals surface area contributed by atoms with E-state index in [1.54, 1.807) is 6.07 Å². The molecule has 1 aliphatic rings. The molecule has 2 rings (SSSR count). The maximum Gasteiger partial charge on any atom is 0.125 e. The van der Waals surface area contributed by atoms with Gasteiger partial charge in [-0.25, -0.2) is 4.39 Å². The van der Waals surface area contributed by atoms with E-state index in [4.69, 9.17) is 0 Å². The van der Waals surface area contributed by atoms with Crippen LogP contribution in [-0.4, -0.2) is 19.6 Å². The Hall–Kier alpha value is -1.09. The van der Waals surface area contributed by atoms with E-state index in [1.807, 2.05) is 6.07 Å². The molecule has 1 aliphatic heterocycles. The first-order valence-electron chi connectivity index (χ1n) is 5.05. The average molecular weight is 194 g/mol. The molecule has 14 heavy (non-hydrogen) atoms. The number of benzene rings is 1. The summed E-state index contributed by atoms with van der Waals surface area (Å²) in [4.78, 5) is 0. The highest BCUT2D eigenvalue weighted by Gasteiger charge is 2.13. The Morgan fingerprint density at radius 3 is 3.14 bits per heavy atom. The van der Waals surface area contributed by atoms with Crippen LogP contribution in [0, 0.1) is 11.7 Å². The summed E-state index contributed by atoms with van der Waals surface area (Å²) in [5.41, 5.74) is 0.872. The van der Waals surface area contributed by atoms with Gasteiger partial charge in [-0.3, -0.25) is 0 Å². The maximum absolute atomic E-state index is 12.8. The quantitative estimate of drug-likeness (QED) is 0.767. The lowest BCUT2D eigenvalue weighted by molar-refractivity contribution is 0.612. The van der Waals surface area contributed by atoms with Gasteiger partial charge in [0.25, 0.3) is 0 Å². The van der Waals surface area contributed by atoms with Gasteiger partial charge in [-0.15, -0.1) is 0 Å². The molecule has 0 saturated carbocycles. The molecule has 1 atom stereocenters. The fourth-order valence-corrected chi connectivity index (χ4v) is 1.75. The van der Waals surface area contributed by atoms with Crippen LogP contribution >= 0.6 is 0 Å². The summed E-state index contributed by atoms with van der Waals surface area (Å²) < 4.78 is 12.8. The molecular formula is C11H15FN2. The van der Waals surface area contributed by atoms with Gasteiger partial charge in [-0.1, -0.05) is 6.07 Å². The highest BCUT2D eigenvalue weighted by atomic mass is 19.1. The third-order valence-corrected chi connectivity index (χ3v) is 2.58. The lowest BCUT2D eigenvalue weighted by Crippen LogP contribution is -2.17. The van der Waals surface area contributed by atoms with Gasteiger partial charge >= 0.3 is 0 Å². The molecule has 1 fully saturated rings. The predicted octanol–water partition coefficient (Wildman–Crippen LogP) is 1.85. The van der Waals surface area contributed by atoms with Gasteiger partial charge in [0.15, 0.2) is 0 Å². The largest absolute Gasteiger partial charge is 0.385 e. The van der Waals surface area contributed by atoms with Crippen LogP contribution < -0.4 is 10.6 Å². The number of rotatable bonds is 3. The van der Waals surface area contributed by atoms with Gasteiger partial charge in [0.05, 0.1) is 0 Å². The van der Waals surface area contributed by atoms with E-state index in [0.717, 1.165) is 25.3 Å². The van der Waals surface area contributed by atoms with E-state index >= 15 is 0 Å². The molecular weight excluding hydrogens is 179 g/mol. The molecule has 0 radical (unpaired) electrons. The second-order valence-electron chi connectivity index (χ2n) is 3.75. The van der Waals surface area contributed by atoms with E-state index < -0.39 is 0 Å². The van der Waals surface area contributed by atoms with Gasteiger partial charge in [-0.05, 0) is 43.6 Å². The second kappa shape index (κ2) is 4.42. The number of nitrogens with one attached hydrogen (secondary N) is 2. The van der Waals surface area contributed by atoms with Crippen molar-refractivity contribution in [1.82, 2.24) is 5.32 Å². The van der Waals surface area contributed by atoms with Crippen molar-refractivity contribution < 1.29 is 4.39 Å². The molecule has 1 unspecified atom stereocenters. The Morgan fingerprint density at radius 1 is 1.50 bits per heavy atom. The van der Waals surface area contributed by atoms with Crippen LogP contribution in [0.15, 0.2) is 24.3 Å². The first-order chi connectivity index (χ1) is 6.84. The van der Waals surface area contributed by atoms with Gasteiger partial charge < -0.3 is 10.6 Å². The van der Waals surface area contributed by atoms with Crippen LogP contribution in [0.2, 0.25) is 0 Å². The Balaban J connectivity index is 1.85. The van der Waals surface area contributed by atoms with Crippen molar-refractivity contribution in [3.05, 3.63) is 30.1 Å². The van der Waals surface area contributed by atoms with Gasteiger partial charge in [0.2, 0.25) is 0 Å². The summed E-state index contributed by atoms with van der Waals surface area (Å²) in [6.07, 6.45) is 1.21. The Morgan fingerprint density at radius 2 is 2.43 bits per heavy atom. The minimum Gasteiger partial charge on any atom is -0.385 e. The van der Waals surface area contributed by atoms with E-state index in [0.29, 0.717) is 5.92 Å². The Bertz CT molecular complexity index is 295. The molecule has 1 saturated heterocycles. The molecule has 0 amide bonds. The number of halogens is 1. The third kappa shape index (κ3) is 2.45. The van der Waals surface area contributed by atoms with Crippen LogP contribution in [0.4, 0.5) is 10.1 Å². The third-order valence-electron chi connectivity index (χ3n) is 2.58. The smallest absolute Gasteiger partial charge is 0.125 e. The molecule has 76 valence electrons. The number of hydrogen-bond donors (Lipinski definition) is 2. The van der Waals surface area contributed by atoms with Crippen molar-refractivity contribution in [3.8, 4) is 0 Å². The standard InChI is InChI=1S/C11H15FN2/c12-10-2-1-3-11(6-10)14-8-9-4-5-13-7-9/h1-3,6,9,13-14H,4-5,7-8H2. The second-order valence-corrected chi connectivity index (χ2v) is 3.75. The molecule has 0 aromatic heterocycles. The number of hydrogen-bond acceptors (Lipinski definition) is 2. The molecule has 0 aliphatic carbocycles. The highest BCUT2D eigenvalue weighted by molar-refractivity contribution is 5.43. The molecule has 2 N–H and O–H groups in total. The highest BCUT2D eigenvalue weighted by Crippen LogP contribution is 2.12. The van der Waals surface area contributed by atoms with Crippen LogP contribution in [0.1, 0.15) is 6.42 Å². The van der Waals surface area contributed by atoms with Gasteiger partial charge in [0.1, 0.15) is 5.82 Å². The molecule has 1 aromatic carbocycles. The van der Waals surface area contributed by atoms with E-state index in [9.17, 15) is 4.39 Å². The SMILES string of the molecule is Fc1cccc(NCC2CCNC2)c1. The summed E-state index contributed by atoms with van der Waals surface area (Å²) in [7, 11) is 0. The van der Waals surface area contributed by atoms with Crippen LogP contribution in [0.3, 0.4) is 0 Å². The Labute approximate surface area is 83.5 Å². The summed E-state index contributed by atoms with van der Waals surface area (Å²) in [5, 5.41) is 6.55. The first-order valence-corrected chi connectivity index (χ1v) is 5.05. The molecule has 1 aromatic rings. The minimum absolute atomic E-state index is 0.181. The van der Waals surface area contributed by atoms with Crippen molar-refractivity contribution in [2.75, 3.05) is 25.0 Å². The first kappa shape index (κ1) is 9.46. The number of anilines is 1. The van der Waals surface area contributed by atoms with Crippen LogP contribution in [0.25, 0.3) is 0 Å². The van der Waals surface area contributed by atoms with Crippen molar-refractivity contribution in [2.45, 2.75) is 6.42 Å². The summed E-state index contributed by atoms with van der Waals surface area (Å²) in [6, 6.07) is 6.61. The van der Waals surface area contributed by atoms with Crippen molar-refractivity contribution in [2.24, 2.45) is 5.92 Å². The lowest BCUT2D eigenvalue weighted by Gasteiger charge is -2.10. The topological polar surface area (TPSA) is 24.1 Å². The Kier molecular flexibility index (Phi) is 2.99. The van der Waals surface area contributed by atoms with Crippen LogP contribution in [0.5, 0.6) is 0 Å².